The van der Waals surface area contributed by atoms with Crippen molar-refractivity contribution in [3.05, 3.63) is 36.5 Å². The number of unbranched alkanes of at least 4 members (excludes halogenated alkanes) is 3. The standard InChI is InChI=1S/C15H34N4O.C13H22/c1-2-3-8-15(20)19-14-7-13-18-11-5-4-10-17-12-6-9-16;1-3-5-7-9-11-13-12-10-8-6-4-2/h17-18H,2-14,16H2,1H3,(H,19,20);5,7-8,10-11,13H,3-4,6,9,12H2,1-2H3/b;7-5-,10-8-,13-11-. The van der Waals surface area contributed by atoms with E-state index in [1.165, 1.54) is 25.7 Å². The van der Waals surface area contributed by atoms with Gasteiger partial charge in [0.05, 0.1) is 0 Å². The number of rotatable bonds is 22. The molecule has 0 saturated carbocycles. The van der Waals surface area contributed by atoms with Gasteiger partial charge in [-0.3, -0.25) is 4.79 Å². The van der Waals surface area contributed by atoms with Crippen molar-refractivity contribution in [2.24, 2.45) is 5.73 Å². The molecule has 1 amide bonds. The summed E-state index contributed by atoms with van der Waals surface area (Å²) in [5.41, 5.74) is 5.42. The molecule has 0 aromatic rings. The summed E-state index contributed by atoms with van der Waals surface area (Å²) in [6.07, 6.45) is 26.3. The zero-order valence-corrected chi connectivity index (χ0v) is 22.2. The number of carbonyl (C=O) groups excluding carboxylic acids is 1. The van der Waals surface area contributed by atoms with Crippen LogP contribution in [0.3, 0.4) is 0 Å². The van der Waals surface area contributed by atoms with Crippen molar-refractivity contribution < 1.29 is 4.79 Å². The lowest BCUT2D eigenvalue weighted by atomic mass is 10.2. The van der Waals surface area contributed by atoms with Gasteiger partial charge in [-0.25, -0.2) is 0 Å². The summed E-state index contributed by atoms with van der Waals surface area (Å²) in [7, 11) is 0. The maximum absolute atomic E-state index is 11.3. The first-order valence-corrected chi connectivity index (χ1v) is 13.6. The van der Waals surface area contributed by atoms with Crippen molar-refractivity contribution >= 4 is 5.91 Å². The molecular weight excluding hydrogens is 408 g/mol. The number of hydrogen-bond acceptors (Lipinski definition) is 4. The molecule has 0 rings (SSSR count). The summed E-state index contributed by atoms with van der Waals surface area (Å²) in [6.45, 7) is 12.2. The maximum Gasteiger partial charge on any atom is 0.219 e. The van der Waals surface area contributed by atoms with Gasteiger partial charge in [-0.2, -0.15) is 0 Å². The Balaban J connectivity index is 0. The first kappa shape index (κ1) is 33.7. The van der Waals surface area contributed by atoms with Crippen molar-refractivity contribution in [2.75, 3.05) is 39.3 Å². The minimum absolute atomic E-state index is 0.190. The van der Waals surface area contributed by atoms with Gasteiger partial charge in [0, 0.05) is 13.0 Å². The first-order valence-electron chi connectivity index (χ1n) is 13.6. The van der Waals surface area contributed by atoms with Crippen LogP contribution in [-0.2, 0) is 4.79 Å². The van der Waals surface area contributed by atoms with Crippen molar-refractivity contribution in [1.29, 1.82) is 0 Å². The van der Waals surface area contributed by atoms with E-state index in [1.54, 1.807) is 0 Å². The van der Waals surface area contributed by atoms with Crippen molar-refractivity contribution in [3.8, 4) is 0 Å². The molecule has 5 N–H and O–H groups in total. The summed E-state index contributed by atoms with van der Waals surface area (Å²) < 4.78 is 0. The Morgan fingerprint density at radius 2 is 1.24 bits per heavy atom. The predicted molar refractivity (Wildman–Crippen MR) is 148 cm³/mol. The average molecular weight is 465 g/mol. The average Bonchev–Trinajstić information content (AvgIpc) is 2.83. The molecule has 5 nitrogen and oxygen atoms in total. The van der Waals surface area contributed by atoms with Crippen LogP contribution in [0.4, 0.5) is 0 Å². The van der Waals surface area contributed by atoms with Gasteiger partial charge in [-0.1, -0.05) is 70.1 Å². The minimum Gasteiger partial charge on any atom is -0.356 e. The zero-order valence-electron chi connectivity index (χ0n) is 22.2. The van der Waals surface area contributed by atoms with Crippen molar-refractivity contribution in [1.82, 2.24) is 16.0 Å². The highest BCUT2D eigenvalue weighted by molar-refractivity contribution is 5.75. The van der Waals surface area contributed by atoms with Gasteiger partial charge in [-0.05, 0) is 90.5 Å². The van der Waals surface area contributed by atoms with Crippen LogP contribution < -0.4 is 21.7 Å². The number of carbonyl (C=O) groups is 1. The Kier molecular flexibility index (Phi) is 33.5. The fraction of sp³-hybridized carbons (Fsp3) is 0.750. The molecule has 0 aliphatic rings. The van der Waals surface area contributed by atoms with Gasteiger partial charge in [0.15, 0.2) is 0 Å². The van der Waals surface area contributed by atoms with Gasteiger partial charge in [-0.15, -0.1) is 0 Å². The molecule has 0 bridgehead atoms. The summed E-state index contributed by atoms with van der Waals surface area (Å²) in [5.74, 6) is 0.190. The molecular formula is C28H56N4O. The third-order valence-electron chi connectivity index (χ3n) is 4.86. The molecule has 5 heteroatoms. The van der Waals surface area contributed by atoms with Crippen molar-refractivity contribution in [2.45, 2.75) is 97.8 Å². The van der Waals surface area contributed by atoms with E-state index in [-0.39, 0.29) is 5.91 Å². The number of hydrogen-bond donors (Lipinski definition) is 4. The highest BCUT2D eigenvalue weighted by Gasteiger charge is 1.98. The van der Waals surface area contributed by atoms with Gasteiger partial charge < -0.3 is 21.7 Å². The van der Waals surface area contributed by atoms with Crippen LogP contribution in [0.2, 0.25) is 0 Å². The van der Waals surface area contributed by atoms with Crippen molar-refractivity contribution in [3.63, 3.8) is 0 Å². The topological polar surface area (TPSA) is 79.2 Å². The predicted octanol–water partition coefficient (Wildman–Crippen LogP) is 5.64. The SMILES string of the molecule is CC/C=C\C/C=C\C/C=C\CCC.CCCCC(=O)NCCCNCCCCNCCCN. The van der Waals surface area contributed by atoms with Crippen LogP contribution in [0.5, 0.6) is 0 Å². The molecule has 0 saturated heterocycles. The third-order valence-corrected chi connectivity index (χ3v) is 4.86. The summed E-state index contributed by atoms with van der Waals surface area (Å²) in [5, 5.41) is 9.73. The van der Waals surface area contributed by atoms with Crippen LogP contribution in [0.1, 0.15) is 97.8 Å². The first-order chi connectivity index (χ1) is 16.2. The smallest absolute Gasteiger partial charge is 0.219 e. The Morgan fingerprint density at radius 3 is 1.82 bits per heavy atom. The Morgan fingerprint density at radius 1 is 0.667 bits per heavy atom. The van der Waals surface area contributed by atoms with Crippen LogP contribution in [0, 0.1) is 0 Å². The molecule has 0 unspecified atom stereocenters. The minimum atomic E-state index is 0.190. The van der Waals surface area contributed by atoms with Crippen LogP contribution in [0.15, 0.2) is 36.5 Å². The second-order valence-electron chi connectivity index (χ2n) is 8.24. The summed E-state index contributed by atoms with van der Waals surface area (Å²) >= 11 is 0. The number of nitrogens with two attached hydrogens (primary N) is 1. The lowest BCUT2D eigenvalue weighted by Gasteiger charge is -2.07. The largest absolute Gasteiger partial charge is 0.356 e. The normalized spacial score (nSPS) is 11.4. The molecule has 0 aromatic carbocycles. The van der Waals surface area contributed by atoms with Crippen LogP contribution in [-0.4, -0.2) is 45.2 Å². The molecule has 194 valence electrons. The molecule has 0 fully saturated rings. The van der Waals surface area contributed by atoms with Gasteiger partial charge in [0.2, 0.25) is 5.91 Å². The Hall–Kier alpha value is -1.43. The second kappa shape index (κ2) is 32.7. The van der Waals surface area contributed by atoms with E-state index in [2.05, 4.69) is 73.2 Å². The van der Waals surface area contributed by atoms with E-state index in [1.807, 2.05) is 0 Å². The summed E-state index contributed by atoms with van der Waals surface area (Å²) in [4.78, 5) is 11.3. The lowest BCUT2D eigenvalue weighted by molar-refractivity contribution is -0.121. The molecule has 0 aromatic heterocycles. The van der Waals surface area contributed by atoms with Gasteiger partial charge in [0.1, 0.15) is 0 Å². The highest BCUT2D eigenvalue weighted by atomic mass is 16.1. The highest BCUT2D eigenvalue weighted by Crippen LogP contribution is 1.95. The lowest BCUT2D eigenvalue weighted by Crippen LogP contribution is -2.27. The van der Waals surface area contributed by atoms with E-state index in [0.29, 0.717) is 6.42 Å². The van der Waals surface area contributed by atoms with E-state index in [9.17, 15) is 4.79 Å². The van der Waals surface area contributed by atoms with E-state index in [4.69, 9.17) is 5.73 Å². The maximum atomic E-state index is 11.3. The van der Waals surface area contributed by atoms with Crippen LogP contribution in [0.25, 0.3) is 0 Å². The quantitative estimate of drug-likeness (QED) is 0.124. The van der Waals surface area contributed by atoms with E-state index < -0.39 is 0 Å². The summed E-state index contributed by atoms with van der Waals surface area (Å²) in [6, 6.07) is 0. The van der Waals surface area contributed by atoms with E-state index >= 15 is 0 Å². The molecule has 0 aliphatic heterocycles. The Bertz CT molecular complexity index is 461. The number of nitrogens with one attached hydrogen (secondary N) is 3. The third kappa shape index (κ3) is 35.3. The monoisotopic (exact) mass is 464 g/mol. The molecule has 33 heavy (non-hydrogen) atoms. The fourth-order valence-corrected chi connectivity index (χ4v) is 2.84. The van der Waals surface area contributed by atoms with Crippen LogP contribution >= 0.6 is 0 Å². The molecule has 0 spiro atoms. The zero-order chi connectivity index (χ0) is 24.7. The van der Waals surface area contributed by atoms with Gasteiger partial charge in [0.25, 0.3) is 0 Å². The van der Waals surface area contributed by atoms with E-state index in [0.717, 1.165) is 84.2 Å². The number of amides is 1. The Labute approximate surface area is 206 Å². The molecule has 0 aliphatic carbocycles. The fourth-order valence-electron chi connectivity index (χ4n) is 2.84. The second-order valence-corrected chi connectivity index (χ2v) is 8.24. The number of allylic oxidation sites excluding steroid dienone is 6. The van der Waals surface area contributed by atoms with Gasteiger partial charge >= 0.3 is 0 Å². The molecule has 0 radical (unpaired) electrons. The molecule has 0 atom stereocenters. The molecule has 0 heterocycles.